The minimum atomic E-state index is -0.0799. The summed E-state index contributed by atoms with van der Waals surface area (Å²) >= 11 is 9.09. The Kier molecular flexibility index (Phi) is 4.89. The molecule has 1 aromatic rings. The van der Waals surface area contributed by atoms with Crippen molar-refractivity contribution in [1.82, 2.24) is 5.32 Å². The van der Waals surface area contributed by atoms with Crippen LogP contribution in [-0.2, 0) is 4.79 Å². The third-order valence-electron chi connectivity index (χ3n) is 1.89. The van der Waals surface area contributed by atoms with Gasteiger partial charge in [-0.05, 0) is 28.1 Å². The maximum Gasteiger partial charge on any atom is 0.223 e. The lowest BCUT2D eigenvalue weighted by Gasteiger charge is -2.10. The van der Waals surface area contributed by atoms with E-state index in [-0.39, 0.29) is 18.9 Å². The molecule has 0 fully saturated rings. The first-order chi connectivity index (χ1) is 7.54. The Labute approximate surface area is 107 Å². The number of nitrogen functional groups attached to an aromatic ring is 1. The van der Waals surface area contributed by atoms with Gasteiger partial charge in [0, 0.05) is 12.1 Å². The Bertz CT molecular complexity index is 375. The lowest BCUT2D eigenvalue weighted by Crippen LogP contribution is -2.20. The second-order valence-corrected chi connectivity index (χ2v) is 4.37. The molecule has 0 heterocycles. The maximum atomic E-state index is 11.0. The first-order valence-corrected chi connectivity index (χ1v) is 5.79. The first-order valence-electron chi connectivity index (χ1n) is 4.62. The summed E-state index contributed by atoms with van der Waals surface area (Å²) in [6, 6.07) is 3.29. The van der Waals surface area contributed by atoms with E-state index >= 15 is 0 Å². The minimum absolute atomic E-state index is 0.0799. The quantitative estimate of drug-likeness (QED) is 0.838. The summed E-state index contributed by atoms with van der Waals surface area (Å²) in [5.41, 5.74) is 6.17. The van der Waals surface area contributed by atoms with Gasteiger partial charge in [-0.25, -0.2) is 0 Å². The summed E-state index contributed by atoms with van der Waals surface area (Å²) in [6.45, 7) is 0.268. The number of nitrogens with one attached hydrogen (secondary N) is 1. The smallest absolute Gasteiger partial charge is 0.223 e. The molecule has 0 saturated carbocycles. The molecule has 0 aliphatic carbocycles. The van der Waals surface area contributed by atoms with Crippen LogP contribution in [0.25, 0.3) is 0 Å². The summed E-state index contributed by atoms with van der Waals surface area (Å²) < 4.78 is 6.08. The molecule has 4 nitrogen and oxygen atoms in total. The number of benzene rings is 1. The predicted octanol–water partition coefficient (Wildman–Crippen LogP) is 2.20. The van der Waals surface area contributed by atoms with Crippen LogP contribution in [0.1, 0.15) is 6.42 Å². The molecule has 0 atom stereocenters. The Morgan fingerprint density at radius 2 is 2.31 bits per heavy atom. The van der Waals surface area contributed by atoms with Crippen molar-refractivity contribution in [3.8, 4) is 5.75 Å². The van der Waals surface area contributed by atoms with Gasteiger partial charge in [0.05, 0.1) is 23.2 Å². The van der Waals surface area contributed by atoms with E-state index in [2.05, 4.69) is 21.2 Å². The number of nitrogens with two attached hydrogens (primary N) is 1. The summed E-state index contributed by atoms with van der Waals surface area (Å²) in [5.74, 6) is 0.428. The average Bonchev–Trinajstić information content (AvgIpc) is 2.21. The lowest BCUT2D eigenvalue weighted by molar-refractivity contribution is -0.121. The second kappa shape index (κ2) is 5.96. The van der Waals surface area contributed by atoms with Crippen LogP contribution in [0, 0.1) is 0 Å². The van der Waals surface area contributed by atoms with Gasteiger partial charge in [-0.2, -0.15) is 0 Å². The lowest BCUT2D eigenvalue weighted by atomic mass is 10.3. The molecular formula is C10H12BrClN2O2. The van der Waals surface area contributed by atoms with Gasteiger partial charge in [-0.1, -0.05) is 11.6 Å². The van der Waals surface area contributed by atoms with Gasteiger partial charge >= 0.3 is 0 Å². The molecule has 0 radical (unpaired) electrons. The molecule has 0 aliphatic rings. The maximum absolute atomic E-state index is 11.0. The number of carbonyl (C=O) groups excluding carboxylic acids is 1. The van der Waals surface area contributed by atoms with E-state index in [1.54, 1.807) is 19.2 Å². The number of anilines is 1. The van der Waals surface area contributed by atoms with E-state index in [0.717, 1.165) is 0 Å². The van der Waals surface area contributed by atoms with E-state index in [0.29, 0.717) is 20.9 Å². The fraction of sp³-hybridized carbons (Fsp3) is 0.300. The molecule has 0 bridgehead atoms. The monoisotopic (exact) mass is 306 g/mol. The van der Waals surface area contributed by atoms with Gasteiger partial charge in [-0.15, -0.1) is 0 Å². The number of amides is 1. The molecule has 0 aromatic heterocycles. The van der Waals surface area contributed by atoms with Crippen molar-refractivity contribution in [3.05, 3.63) is 21.6 Å². The van der Waals surface area contributed by atoms with Crippen LogP contribution >= 0.6 is 27.5 Å². The molecule has 1 aromatic carbocycles. The number of ether oxygens (including phenoxy) is 1. The van der Waals surface area contributed by atoms with Crippen LogP contribution in [0.15, 0.2) is 16.6 Å². The highest BCUT2D eigenvalue weighted by Gasteiger charge is 2.08. The highest BCUT2D eigenvalue weighted by Crippen LogP contribution is 2.34. The van der Waals surface area contributed by atoms with Gasteiger partial charge in [0.1, 0.15) is 0 Å². The number of halogens is 2. The molecule has 1 rings (SSSR count). The largest absolute Gasteiger partial charge is 0.490 e. The summed E-state index contributed by atoms with van der Waals surface area (Å²) in [5, 5.41) is 3.04. The van der Waals surface area contributed by atoms with Crippen LogP contribution in [0.3, 0.4) is 0 Å². The standard InChI is InChI=1S/C10H12BrClN2O2/c1-14-9(15)2-3-16-10-7(11)4-6(12)5-8(10)13/h4-5H,2-3,13H2,1H3,(H,14,15). The zero-order valence-electron chi connectivity index (χ0n) is 8.72. The highest BCUT2D eigenvalue weighted by atomic mass is 79.9. The van der Waals surface area contributed by atoms with Crippen molar-refractivity contribution in [2.75, 3.05) is 19.4 Å². The van der Waals surface area contributed by atoms with Crippen molar-refractivity contribution < 1.29 is 9.53 Å². The van der Waals surface area contributed by atoms with Gasteiger partial charge in [0.2, 0.25) is 5.91 Å². The molecular weight excluding hydrogens is 295 g/mol. The van der Waals surface area contributed by atoms with Crippen molar-refractivity contribution in [1.29, 1.82) is 0 Å². The van der Waals surface area contributed by atoms with Gasteiger partial charge in [-0.3, -0.25) is 4.79 Å². The van der Waals surface area contributed by atoms with E-state index in [1.807, 2.05) is 0 Å². The molecule has 16 heavy (non-hydrogen) atoms. The van der Waals surface area contributed by atoms with Crippen molar-refractivity contribution in [2.45, 2.75) is 6.42 Å². The summed E-state index contributed by atoms with van der Waals surface area (Å²) in [6.07, 6.45) is 0.283. The van der Waals surface area contributed by atoms with Crippen LogP contribution < -0.4 is 15.8 Å². The minimum Gasteiger partial charge on any atom is -0.490 e. The molecule has 0 saturated heterocycles. The van der Waals surface area contributed by atoms with Crippen molar-refractivity contribution >= 4 is 39.1 Å². The zero-order chi connectivity index (χ0) is 12.1. The molecule has 1 amide bonds. The van der Waals surface area contributed by atoms with Crippen LogP contribution in [0.2, 0.25) is 5.02 Å². The number of hydrogen-bond donors (Lipinski definition) is 2. The van der Waals surface area contributed by atoms with Crippen LogP contribution in [0.4, 0.5) is 5.69 Å². The van der Waals surface area contributed by atoms with E-state index < -0.39 is 0 Å². The van der Waals surface area contributed by atoms with E-state index in [1.165, 1.54) is 0 Å². The Morgan fingerprint density at radius 3 is 2.88 bits per heavy atom. The topological polar surface area (TPSA) is 64.3 Å². The highest BCUT2D eigenvalue weighted by molar-refractivity contribution is 9.10. The normalized spacial score (nSPS) is 9.94. The van der Waals surface area contributed by atoms with Crippen molar-refractivity contribution in [3.63, 3.8) is 0 Å². The number of hydrogen-bond acceptors (Lipinski definition) is 3. The van der Waals surface area contributed by atoms with Crippen molar-refractivity contribution in [2.24, 2.45) is 0 Å². The Balaban J connectivity index is 2.64. The SMILES string of the molecule is CNC(=O)CCOc1c(N)cc(Cl)cc1Br. The molecule has 0 unspecified atom stereocenters. The molecule has 3 N–H and O–H groups in total. The Morgan fingerprint density at radius 1 is 1.62 bits per heavy atom. The Hall–Kier alpha value is -0.940. The number of rotatable bonds is 4. The van der Waals surface area contributed by atoms with Crippen LogP contribution in [0.5, 0.6) is 5.75 Å². The third kappa shape index (κ3) is 3.57. The van der Waals surface area contributed by atoms with E-state index in [9.17, 15) is 4.79 Å². The van der Waals surface area contributed by atoms with Crippen LogP contribution in [-0.4, -0.2) is 19.6 Å². The summed E-state index contributed by atoms with van der Waals surface area (Å²) in [7, 11) is 1.58. The summed E-state index contributed by atoms with van der Waals surface area (Å²) in [4.78, 5) is 11.0. The third-order valence-corrected chi connectivity index (χ3v) is 2.70. The average molecular weight is 308 g/mol. The predicted molar refractivity (Wildman–Crippen MR) is 67.7 cm³/mol. The second-order valence-electron chi connectivity index (χ2n) is 3.08. The van der Waals surface area contributed by atoms with Gasteiger partial charge < -0.3 is 15.8 Å². The molecule has 0 aliphatic heterocycles. The molecule has 6 heteroatoms. The van der Waals surface area contributed by atoms with Gasteiger partial charge in [0.15, 0.2) is 5.75 Å². The fourth-order valence-corrected chi connectivity index (χ4v) is 2.05. The fourth-order valence-electron chi connectivity index (χ4n) is 1.10. The zero-order valence-corrected chi connectivity index (χ0v) is 11.1. The van der Waals surface area contributed by atoms with Gasteiger partial charge in [0.25, 0.3) is 0 Å². The molecule has 0 spiro atoms. The van der Waals surface area contributed by atoms with E-state index in [4.69, 9.17) is 22.1 Å². The molecule has 88 valence electrons. The first kappa shape index (κ1) is 13.1. The number of carbonyl (C=O) groups is 1.